The third-order valence-corrected chi connectivity index (χ3v) is 5.07. The van der Waals surface area contributed by atoms with Crippen LogP contribution in [0.4, 0.5) is 0 Å². The van der Waals surface area contributed by atoms with E-state index >= 15 is 0 Å². The maximum Gasteiger partial charge on any atom is 0.124 e. The van der Waals surface area contributed by atoms with E-state index in [0.29, 0.717) is 24.9 Å². The van der Waals surface area contributed by atoms with Gasteiger partial charge in [0.15, 0.2) is 0 Å². The summed E-state index contributed by atoms with van der Waals surface area (Å²) >= 11 is 0. The van der Waals surface area contributed by atoms with Gasteiger partial charge >= 0.3 is 0 Å². The minimum atomic E-state index is -0.0919. The lowest BCUT2D eigenvalue weighted by Crippen LogP contribution is -2.24. The van der Waals surface area contributed by atoms with Crippen molar-refractivity contribution in [3.05, 3.63) is 65.9 Å². The maximum absolute atomic E-state index is 9.62. The van der Waals surface area contributed by atoms with Crippen molar-refractivity contribution in [2.24, 2.45) is 0 Å². The number of hydrogen-bond donors (Lipinski definition) is 1. The number of rotatable bonds is 8. The molecule has 2 aromatic carbocycles. The summed E-state index contributed by atoms with van der Waals surface area (Å²) in [6, 6.07) is 18.0. The summed E-state index contributed by atoms with van der Waals surface area (Å²) in [5.41, 5.74) is 3.68. The molecule has 28 heavy (non-hydrogen) atoms. The van der Waals surface area contributed by atoms with Gasteiger partial charge in [-0.3, -0.25) is 4.68 Å². The fraction of sp³-hybridized carbons (Fsp3) is 0.348. The minimum Gasteiger partial charge on any atom is -0.494 e. The molecule has 1 aromatic heterocycles. The van der Waals surface area contributed by atoms with Crippen LogP contribution in [0.5, 0.6) is 11.5 Å². The van der Waals surface area contributed by atoms with Gasteiger partial charge in [-0.05, 0) is 50.5 Å². The molecule has 4 rings (SSSR count). The second-order valence-electron chi connectivity index (χ2n) is 7.08. The fourth-order valence-electron chi connectivity index (χ4n) is 3.40. The van der Waals surface area contributed by atoms with Gasteiger partial charge in [0.2, 0.25) is 0 Å². The van der Waals surface area contributed by atoms with E-state index in [9.17, 15) is 5.11 Å². The average molecular weight is 378 g/mol. The first kappa shape index (κ1) is 18.6. The van der Waals surface area contributed by atoms with Gasteiger partial charge in [0.25, 0.3) is 0 Å². The molecular formula is C23H26N2O3. The Morgan fingerprint density at radius 2 is 1.96 bits per heavy atom. The first-order valence-electron chi connectivity index (χ1n) is 9.92. The zero-order chi connectivity index (χ0) is 19.3. The Bertz CT molecular complexity index is 931. The van der Waals surface area contributed by atoms with Crippen LogP contribution in [0.25, 0.3) is 11.3 Å². The average Bonchev–Trinajstić information content (AvgIpc) is 3.10. The molecule has 5 heteroatoms. The summed E-state index contributed by atoms with van der Waals surface area (Å²) in [7, 11) is 0. The van der Waals surface area contributed by atoms with Gasteiger partial charge in [-0.25, -0.2) is 0 Å². The molecule has 1 N–H and O–H groups in total. The predicted octanol–water partition coefficient (Wildman–Crippen LogP) is 4.42. The summed E-state index contributed by atoms with van der Waals surface area (Å²) in [5.74, 6) is 1.74. The number of aromatic nitrogens is 2. The summed E-state index contributed by atoms with van der Waals surface area (Å²) in [4.78, 5) is 0. The van der Waals surface area contributed by atoms with Crippen molar-refractivity contribution >= 4 is 0 Å². The Hall–Kier alpha value is -2.79. The Morgan fingerprint density at radius 3 is 2.71 bits per heavy atom. The van der Waals surface area contributed by atoms with E-state index in [-0.39, 0.29) is 6.61 Å². The largest absolute Gasteiger partial charge is 0.494 e. The Morgan fingerprint density at radius 1 is 1.11 bits per heavy atom. The molecule has 0 bridgehead atoms. The van der Waals surface area contributed by atoms with Crippen molar-refractivity contribution in [1.82, 2.24) is 9.78 Å². The SMILES string of the molecule is CCOc1ccccc1Cn1nc(CO)cc1-c1cccc(OC2CCC2)c1. The molecule has 0 unspecified atom stereocenters. The van der Waals surface area contributed by atoms with Crippen LogP contribution in [0.15, 0.2) is 54.6 Å². The Labute approximate surface area is 165 Å². The number of hydrogen-bond acceptors (Lipinski definition) is 4. The van der Waals surface area contributed by atoms with Crippen LogP contribution in [0, 0.1) is 0 Å². The van der Waals surface area contributed by atoms with Crippen LogP contribution >= 0.6 is 0 Å². The van der Waals surface area contributed by atoms with Gasteiger partial charge < -0.3 is 14.6 Å². The quantitative estimate of drug-likeness (QED) is 0.630. The van der Waals surface area contributed by atoms with E-state index in [2.05, 4.69) is 17.2 Å². The standard InChI is InChI=1S/C23H26N2O3/c1-2-27-23-12-4-3-7-18(23)15-25-22(14-19(16-26)24-25)17-8-5-11-21(13-17)28-20-9-6-10-20/h3-5,7-8,11-14,20,26H,2,6,9-10,15-16H2,1H3. The van der Waals surface area contributed by atoms with E-state index in [0.717, 1.165) is 41.2 Å². The maximum atomic E-state index is 9.62. The highest BCUT2D eigenvalue weighted by molar-refractivity contribution is 5.62. The molecule has 0 aliphatic heterocycles. The van der Waals surface area contributed by atoms with Crippen molar-refractivity contribution in [1.29, 1.82) is 0 Å². The molecule has 146 valence electrons. The molecule has 1 fully saturated rings. The third kappa shape index (κ3) is 4.04. The molecule has 3 aromatic rings. The van der Waals surface area contributed by atoms with E-state index < -0.39 is 0 Å². The highest BCUT2D eigenvalue weighted by Crippen LogP contribution is 2.30. The van der Waals surface area contributed by atoms with Crippen molar-refractivity contribution in [3.8, 4) is 22.8 Å². The number of ether oxygens (including phenoxy) is 2. The van der Waals surface area contributed by atoms with Crippen LogP contribution in [0.2, 0.25) is 0 Å². The minimum absolute atomic E-state index is 0.0919. The third-order valence-electron chi connectivity index (χ3n) is 5.07. The summed E-state index contributed by atoms with van der Waals surface area (Å²) in [5, 5.41) is 14.2. The zero-order valence-corrected chi connectivity index (χ0v) is 16.2. The molecule has 1 aliphatic carbocycles. The van der Waals surface area contributed by atoms with E-state index in [1.165, 1.54) is 6.42 Å². The van der Waals surface area contributed by atoms with Crippen molar-refractivity contribution in [3.63, 3.8) is 0 Å². The molecule has 0 radical (unpaired) electrons. The van der Waals surface area contributed by atoms with E-state index in [1.54, 1.807) is 0 Å². The molecule has 0 atom stereocenters. The van der Waals surface area contributed by atoms with Crippen LogP contribution in [-0.4, -0.2) is 27.6 Å². The molecule has 1 saturated carbocycles. The molecule has 5 nitrogen and oxygen atoms in total. The molecule has 1 aliphatic rings. The van der Waals surface area contributed by atoms with Crippen molar-refractivity contribution in [2.75, 3.05) is 6.61 Å². The number of nitrogens with zero attached hydrogens (tertiary/aromatic N) is 2. The fourth-order valence-corrected chi connectivity index (χ4v) is 3.40. The van der Waals surface area contributed by atoms with Crippen LogP contribution in [0.1, 0.15) is 37.4 Å². The van der Waals surface area contributed by atoms with Crippen LogP contribution in [-0.2, 0) is 13.2 Å². The highest BCUT2D eigenvalue weighted by Gasteiger charge is 2.19. The lowest BCUT2D eigenvalue weighted by atomic mass is 9.96. The van der Waals surface area contributed by atoms with Gasteiger partial charge in [0.05, 0.1) is 37.3 Å². The first-order chi connectivity index (χ1) is 13.8. The van der Waals surface area contributed by atoms with Gasteiger partial charge in [0, 0.05) is 11.1 Å². The zero-order valence-electron chi connectivity index (χ0n) is 16.2. The smallest absolute Gasteiger partial charge is 0.124 e. The molecular weight excluding hydrogens is 352 g/mol. The Balaban J connectivity index is 1.65. The van der Waals surface area contributed by atoms with E-state index in [4.69, 9.17) is 9.47 Å². The number of benzene rings is 2. The monoisotopic (exact) mass is 378 g/mol. The number of para-hydroxylation sites is 1. The lowest BCUT2D eigenvalue weighted by Gasteiger charge is -2.26. The number of aliphatic hydroxyl groups is 1. The summed E-state index contributed by atoms with van der Waals surface area (Å²) < 4.78 is 13.7. The summed E-state index contributed by atoms with van der Waals surface area (Å²) in [6.45, 7) is 3.07. The normalized spacial score (nSPS) is 13.9. The molecule has 0 spiro atoms. The first-order valence-corrected chi connectivity index (χ1v) is 9.92. The van der Waals surface area contributed by atoms with Gasteiger partial charge in [-0.1, -0.05) is 30.3 Å². The topological polar surface area (TPSA) is 56.5 Å². The summed E-state index contributed by atoms with van der Waals surface area (Å²) in [6.07, 6.45) is 3.85. The van der Waals surface area contributed by atoms with Gasteiger partial charge in [-0.2, -0.15) is 5.10 Å². The van der Waals surface area contributed by atoms with Crippen molar-refractivity contribution in [2.45, 2.75) is 45.4 Å². The molecule has 1 heterocycles. The van der Waals surface area contributed by atoms with Gasteiger partial charge in [-0.15, -0.1) is 0 Å². The highest BCUT2D eigenvalue weighted by atomic mass is 16.5. The molecule has 0 saturated heterocycles. The van der Waals surface area contributed by atoms with Crippen LogP contribution < -0.4 is 9.47 Å². The number of aliphatic hydroxyl groups excluding tert-OH is 1. The second kappa shape index (κ2) is 8.48. The second-order valence-corrected chi connectivity index (χ2v) is 7.08. The molecule has 0 amide bonds. The van der Waals surface area contributed by atoms with Crippen molar-refractivity contribution < 1.29 is 14.6 Å². The van der Waals surface area contributed by atoms with Gasteiger partial charge in [0.1, 0.15) is 11.5 Å². The van der Waals surface area contributed by atoms with E-state index in [1.807, 2.05) is 54.1 Å². The lowest BCUT2D eigenvalue weighted by molar-refractivity contribution is 0.120. The van der Waals surface area contributed by atoms with Crippen LogP contribution in [0.3, 0.4) is 0 Å². The predicted molar refractivity (Wildman–Crippen MR) is 109 cm³/mol. The Kier molecular flexibility index (Phi) is 5.63.